The Balaban J connectivity index is 2.13. The number of hydrogen-bond acceptors (Lipinski definition) is 6. The minimum atomic E-state index is -3.60. The molecular weight excluding hydrogens is 292 g/mol. The number of benzene rings is 1. The van der Waals surface area contributed by atoms with Gasteiger partial charge in [0, 0.05) is 26.2 Å². The molecule has 1 N–H and O–H groups in total. The second-order valence-electron chi connectivity index (χ2n) is 4.16. The van der Waals surface area contributed by atoms with E-state index in [0.717, 1.165) is 0 Å². The van der Waals surface area contributed by atoms with E-state index in [1.807, 2.05) is 0 Å². The van der Waals surface area contributed by atoms with E-state index in [2.05, 4.69) is 20.3 Å². The van der Waals surface area contributed by atoms with Crippen molar-refractivity contribution < 1.29 is 13.0 Å². The second-order valence-corrected chi connectivity index (χ2v) is 6.47. The maximum absolute atomic E-state index is 12.6. The van der Waals surface area contributed by atoms with Gasteiger partial charge in [0.1, 0.15) is 4.90 Å². The lowest BCUT2D eigenvalue weighted by molar-refractivity contribution is 0.314. The number of piperazine rings is 1. The Morgan fingerprint density at radius 2 is 1.89 bits per heavy atom. The van der Waals surface area contributed by atoms with E-state index in [-0.39, 0.29) is 15.9 Å². The quantitative estimate of drug-likeness (QED) is 0.867. The van der Waals surface area contributed by atoms with Crippen LogP contribution in [0.2, 0.25) is 5.02 Å². The fraction of sp³-hybridized carbons (Fsp3) is 0.400. The van der Waals surface area contributed by atoms with E-state index in [1.165, 1.54) is 16.4 Å². The van der Waals surface area contributed by atoms with Gasteiger partial charge >= 0.3 is 0 Å². The van der Waals surface area contributed by atoms with Gasteiger partial charge < -0.3 is 5.32 Å². The van der Waals surface area contributed by atoms with Crippen LogP contribution in [0.4, 0.5) is 0 Å². The molecule has 1 aromatic heterocycles. The van der Waals surface area contributed by atoms with E-state index >= 15 is 0 Å². The van der Waals surface area contributed by atoms with Crippen LogP contribution >= 0.6 is 11.6 Å². The molecule has 1 aliphatic rings. The molecule has 2 heterocycles. The maximum Gasteiger partial charge on any atom is 0.245 e. The Morgan fingerprint density at radius 1 is 1.21 bits per heavy atom. The average molecular weight is 303 g/mol. The summed E-state index contributed by atoms with van der Waals surface area (Å²) in [6.07, 6.45) is 0. The van der Waals surface area contributed by atoms with Gasteiger partial charge in [-0.15, -0.1) is 0 Å². The van der Waals surface area contributed by atoms with Crippen molar-refractivity contribution in [2.45, 2.75) is 4.90 Å². The van der Waals surface area contributed by atoms with Gasteiger partial charge in [-0.2, -0.15) is 4.31 Å². The van der Waals surface area contributed by atoms with Crippen molar-refractivity contribution in [3.8, 4) is 0 Å². The number of halogens is 1. The van der Waals surface area contributed by atoms with Gasteiger partial charge in [-0.1, -0.05) is 11.6 Å². The van der Waals surface area contributed by atoms with Gasteiger partial charge in [-0.25, -0.2) is 13.0 Å². The lowest BCUT2D eigenvalue weighted by Gasteiger charge is -2.26. The van der Waals surface area contributed by atoms with Gasteiger partial charge in [0.2, 0.25) is 10.0 Å². The van der Waals surface area contributed by atoms with Crippen molar-refractivity contribution in [3.63, 3.8) is 0 Å². The molecule has 7 nitrogen and oxygen atoms in total. The van der Waals surface area contributed by atoms with Gasteiger partial charge in [-0.3, -0.25) is 0 Å². The first kappa shape index (κ1) is 12.8. The summed E-state index contributed by atoms with van der Waals surface area (Å²) in [5.74, 6) is 0. The maximum atomic E-state index is 12.6. The highest BCUT2D eigenvalue weighted by Gasteiger charge is 2.29. The topological polar surface area (TPSA) is 88.3 Å². The summed E-state index contributed by atoms with van der Waals surface area (Å²) in [7, 11) is -3.60. The fourth-order valence-electron chi connectivity index (χ4n) is 2.05. The Hall–Kier alpha value is -1.22. The monoisotopic (exact) mass is 302 g/mol. The number of nitrogens with zero attached hydrogens (tertiary/aromatic N) is 3. The molecule has 1 aliphatic heterocycles. The summed E-state index contributed by atoms with van der Waals surface area (Å²) in [6.45, 7) is 2.12. The summed E-state index contributed by atoms with van der Waals surface area (Å²) in [5, 5.41) is 10.7. The molecule has 1 aromatic carbocycles. The zero-order valence-corrected chi connectivity index (χ0v) is 11.4. The van der Waals surface area contributed by atoms with Crippen LogP contribution in [0.5, 0.6) is 0 Å². The fourth-order valence-corrected chi connectivity index (χ4v) is 3.79. The van der Waals surface area contributed by atoms with Crippen LogP contribution in [0.25, 0.3) is 11.0 Å². The van der Waals surface area contributed by atoms with Gasteiger partial charge in [0.05, 0.1) is 5.02 Å². The van der Waals surface area contributed by atoms with Gasteiger partial charge in [-0.05, 0) is 22.4 Å². The van der Waals surface area contributed by atoms with Crippen molar-refractivity contribution in [2.24, 2.45) is 0 Å². The molecule has 3 rings (SSSR count). The third-order valence-electron chi connectivity index (χ3n) is 3.02. The van der Waals surface area contributed by atoms with E-state index < -0.39 is 10.0 Å². The number of nitrogens with one attached hydrogen (secondary N) is 1. The summed E-state index contributed by atoms with van der Waals surface area (Å²) >= 11 is 5.93. The highest BCUT2D eigenvalue weighted by atomic mass is 35.5. The van der Waals surface area contributed by atoms with Crippen molar-refractivity contribution in [2.75, 3.05) is 26.2 Å². The standard InChI is InChI=1S/C10H11ClN4O3S/c11-7-1-2-8(10-9(7)13-18-14-10)19(16,17)15-5-3-12-4-6-15/h1-2,12H,3-6H2. The van der Waals surface area contributed by atoms with Crippen molar-refractivity contribution in [1.82, 2.24) is 19.9 Å². The third-order valence-corrected chi connectivity index (χ3v) is 5.26. The lowest BCUT2D eigenvalue weighted by atomic mass is 10.3. The molecule has 0 aliphatic carbocycles. The highest BCUT2D eigenvalue weighted by molar-refractivity contribution is 7.89. The molecule has 0 unspecified atom stereocenters. The van der Waals surface area contributed by atoms with Crippen LogP contribution in [-0.2, 0) is 10.0 Å². The molecule has 0 bridgehead atoms. The number of rotatable bonds is 2. The van der Waals surface area contributed by atoms with Crippen LogP contribution in [-0.4, -0.2) is 49.2 Å². The molecule has 1 fully saturated rings. The molecule has 2 aromatic rings. The molecule has 102 valence electrons. The third kappa shape index (κ3) is 2.10. The minimum Gasteiger partial charge on any atom is -0.314 e. The van der Waals surface area contributed by atoms with Crippen LogP contribution in [0.1, 0.15) is 0 Å². The van der Waals surface area contributed by atoms with E-state index in [1.54, 1.807) is 0 Å². The molecule has 0 spiro atoms. The summed E-state index contributed by atoms with van der Waals surface area (Å²) < 4.78 is 31.1. The molecule has 1 saturated heterocycles. The van der Waals surface area contributed by atoms with Crippen molar-refractivity contribution in [1.29, 1.82) is 0 Å². The van der Waals surface area contributed by atoms with Crippen LogP contribution in [0.15, 0.2) is 21.7 Å². The molecule has 19 heavy (non-hydrogen) atoms. The Labute approximate surface area is 114 Å². The van der Waals surface area contributed by atoms with E-state index in [0.29, 0.717) is 31.2 Å². The number of aromatic nitrogens is 2. The summed E-state index contributed by atoms with van der Waals surface area (Å²) in [5.41, 5.74) is 0.434. The normalized spacial score (nSPS) is 17.9. The largest absolute Gasteiger partial charge is 0.314 e. The first-order chi connectivity index (χ1) is 9.10. The number of hydrogen-bond donors (Lipinski definition) is 1. The highest BCUT2D eigenvalue weighted by Crippen LogP contribution is 2.28. The van der Waals surface area contributed by atoms with E-state index in [4.69, 9.17) is 11.6 Å². The minimum absolute atomic E-state index is 0.0788. The predicted octanol–water partition coefficient (Wildman–Crippen LogP) is 0.470. The summed E-state index contributed by atoms with van der Waals surface area (Å²) in [6, 6.07) is 2.93. The first-order valence-electron chi connectivity index (χ1n) is 5.72. The first-order valence-corrected chi connectivity index (χ1v) is 7.54. The Kier molecular flexibility index (Phi) is 3.17. The SMILES string of the molecule is O=S(=O)(c1ccc(Cl)c2nonc12)N1CCNCC1. The van der Waals surface area contributed by atoms with Crippen LogP contribution in [0, 0.1) is 0 Å². The lowest BCUT2D eigenvalue weighted by Crippen LogP contribution is -2.46. The molecule has 0 saturated carbocycles. The van der Waals surface area contributed by atoms with Gasteiger partial charge in [0.15, 0.2) is 11.0 Å². The second kappa shape index (κ2) is 4.71. The molecular formula is C10H11ClN4O3S. The molecule has 9 heteroatoms. The Morgan fingerprint density at radius 3 is 2.63 bits per heavy atom. The number of fused-ring (bicyclic) bond motifs is 1. The van der Waals surface area contributed by atoms with Crippen molar-refractivity contribution in [3.05, 3.63) is 17.2 Å². The molecule has 0 amide bonds. The van der Waals surface area contributed by atoms with Crippen molar-refractivity contribution >= 4 is 32.7 Å². The predicted molar refractivity (Wildman–Crippen MR) is 68.4 cm³/mol. The van der Waals surface area contributed by atoms with Crippen LogP contribution in [0.3, 0.4) is 0 Å². The van der Waals surface area contributed by atoms with E-state index in [9.17, 15) is 8.42 Å². The number of sulfonamides is 1. The zero-order valence-electron chi connectivity index (χ0n) is 9.84. The zero-order chi connectivity index (χ0) is 13.5. The molecule has 0 radical (unpaired) electrons. The smallest absolute Gasteiger partial charge is 0.245 e. The van der Waals surface area contributed by atoms with Crippen LogP contribution < -0.4 is 5.32 Å². The average Bonchev–Trinajstić information content (AvgIpc) is 2.90. The Bertz CT molecular complexity index is 709. The van der Waals surface area contributed by atoms with Gasteiger partial charge in [0.25, 0.3) is 0 Å². The molecule has 0 atom stereocenters. The summed E-state index contributed by atoms with van der Waals surface area (Å²) in [4.78, 5) is 0.0788.